The monoisotopic (exact) mass is 302 g/mol. The quantitative estimate of drug-likeness (QED) is 0.741. The summed E-state index contributed by atoms with van der Waals surface area (Å²) in [6.45, 7) is 0. The zero-order valence-electron chi connectivity index (χ0n) is 10.9. The van der Waals surface area contributed by atoms with Gasteiger partial charge < -0.3 is 9.63 Å². The smallest absolute Gasteiger partial charge is 0.258 e. The molecule has 1 N–H and O–H groups in total. The van der Waals surface area contributed by atoms with Gasteiger partial charge in [0, 0.05) is 10.5 Å². The van der Waals surface area contributed by atoms with Crippen molar-refractivity contribution in [3.05, 3.63) is 60.2 Å². The van der Waals surface area contributed by atoms with Crippen molar-refractivity contribution in [1.82, 2.24) is 10.1 Å². The minimum absolute atomic E-state index is 0.146. The summed E-state index contributed by atoms with van der Waals surface area (Å²) >= 11 is 1.49. The first kappa shape index (κ1) is 13.6. The number of aromatic nitrogens is 2. The molecule has 4 nitrogen and oxygen atoms in total. The lowest BCUT2D eigenvalue weighted by Gasteiger charge is -1.97. The van der Waals surface area contributed by atoms with Gasteiger partial charge in [-0.05, 0) is 42.5 Å². The third-order valence-corrected chi connectivity index (χ3v) is 3.75. The summed E-state index contributed by atoms with van der Waals surface area (Å²) in [5.74, 6) is 1.31. The van der Waals surface area contributed by atoms with Gasteiger partial charge in [-0.25, -0.2) is 4.39 Å². The Balaban J connectivity index is 1.69. The number of phenolic OH excluding ortho intramolecular Hbond substituents is 1. The SMILES string of the molecule is Oc1cccc(-c2nc(CSc3ccc(F)cc3)no2)c1. The van der Waals surface area contributed by atoms with Crippen LogP contribution >= 0.6 is 11.8 Å². The summed E-state index contributed by atoms with van der Waals surface area (Å²) in [5.41, 5.74) is 0.667. The van der Waals surface area contributed by atoms with Crippen LogP contribution in [0.3, 0.4) is 0 Å². The van der Waals surface area contributed by atoms with Crippen LogP contribution in [0.1, 0.15) is 5.82 Å². The third-order valence-electron chi connectivity index (χ3n) is 2.74. The molecule has 3 rings (SSSR count). The molecule has 0 saturated heterocycles. The molecule has 3 aromatic rings. The van der Waals surface area contributed by atoms with E-state index in [1.165, 1.54) is 23.9 Å². The maximum Gasteiger partial charge on any atom is 0.258 e. The van der Waals surface area contributed by atoms with Crippen LogP contribution in [0.5, 0.6) is 5.75 Å². The number of aromatic hydroxyl groups is 1. The lowest BCUT2D eigenvalue weighted by molar-refractivity contribution is 0.424. The molecule has 106 valence electrons. The van der Waals surface area contributed by atoms with E-state index in [0.29, 0.717) is 23.0 Å². The van der Waals surface area contributed by atoms with Crippen LogP contribution in [-0.2, 0) is 5.75 Å². The van der Waals surface area contributed by atoms with Gasteiger partial charge in [-0.1, -0.05) is 11.2 Å². The Hall–Kier alpha value is -2.34. The molecule has 0 fully saturated rings. The van der Waals surface area contributed by atoms with Gasteiger partial charge in [0.1, 0.15) is 11.6 Å². The second-order valence-electron chi connectivity index (χ2n) is 4.31. The summed E-state index contributed by atoms with van der Waals surface area (Å²) in [5, 5.41) is 13.3. The van der Waals surface area contributed by atoms with Crippen LogP contribution in [0.4, 0.5) is 4.39 Å². The number of hydrogen-bond acceptors (Lipinski definition) is 5. The van der Waals surface area contributed by atoms with Crippen LogP contribution in [0.15, 0.2) is 57.9 Å². The molecular weight excluding hydrogens is 291 g/mol. The van der Waals surface area contributed by atoms with Crippen molar-refractivity contribution in [3.8, 4) is 17.2 Å². The van der Waals surface area contributed by atoms with Crippen LogP contribution in [0.25, 0.3) is 11.5 Å². The lowest BCUT2D eigenvalue weighted by atomic mass is 10.2. The van der Waals surface area contributed by atoms with Crippen molar-refractivity contribution < 1.29 is 14.0 Å². The van der Waals surface area contributed by atoms with Gasteiger partial charge in [-0.15, -0.1) is 11.8 Å². The van der Waals surface area contributed by atoms with E-state index in [4.69, 9.17) is 4.52 Å². The Labute approximate surface area is 124 Å². The lowest BCUT2D eigenvalue weighted by Crippen LogP contribution is -1.84. The standard InChI is InChI=1S/C15H11FN2O2S/c16-11-4-6-13(7-5-11)21-9-14-17-15(20-18-14)10-2-1-3-12(19)8-10/h1-8,19H,9H2. The first-order valence-corrected chi connectivity index (χ1v) is 7.19. The highest BCUT2D eigenvalue weighted by atomic mass is 32.2. The van der Waals surface area contributed by atoms with Gasteiger partial charge in [-0.3, -0.25) is 0 Å². The van der Waals surface area contributed by atoms with Crippen LogP contribution in [0.2, 0.25) is 0 Å². The molecule has 2 aromatic carbocycles. The summed E-state index contributed by atoms with van der Waals surface area (Å²) in [7, 11) is 0. The number of benzene rings is 2. The van der Waals surface area contributed by atoms with Crippen LogP contribution < -0.4 is 0 Å². The maximum absolute atomic E-state index is 12.8. The van der Waals surface area contributed by atoms with Crippen molar-refractivity contribution >= 4 is 11.8 Å². The normalized spacial score (nSPS) is 10.7. The molecule has 0 amide bonds. The molecule has 0 aliphatic rings. The summed E-state index contributed by atoms with van der Waals surface area (Å²) in [4.78, 5) is 5.20. The molecule has 0 unspecified atom stereocenters. The summed E-state index contributed by atoms with van der Waals surface area (Å²) in [6.07, 6.45) is 0. The molecule has 6 heteroatoms. The highest BCUT2D eigenvalue weighted by Crippen LogP contribution is 2.25. The molecule has 0 atom stereocenters. The number of phenols is 1. The predicted molar refractivity (Wildman–Crippen MR) is 77.4 cm³/mol. The van der Waals surface area contributed by atoms with Crippen molar-refractivity contribution in [2.45, 2.75) is 10.6 Å². The van der Waals surface area contributed by atoms with Crippen molar-refractivity contribution in [1.29, 1.82) is 0 Å². The Morgan fingerprint density at radius 3 is 2.71 bits per heavy atom. The topological polar surface area (TPSA) is 59.2 Å². The second-order valence-corrected chi connectivity index (χ2v) is 5.36. The van der Waals surface area contributed by atoms with Gasteiger partial charge >= 0.3 is 0 Å². The summed E-state index contributed by atoms with van der Waals surface area (Å²) in [6, 6.07) is 12.9. The zero-order valence-corrected chi connectivity index (χ0v) is 11.7. The Morgan fingerprint density at radius 2 is 1.95 bits per heavy atom. The molecule has 0 aliphatic carbocycles. The highest BCUT2D eigenvalue weighted by molar-refractivity contribution is 7.98. The first-order valence-electron chi connectivity index (χ1n) is 6.21. The van der Waals surface area contributed by atoms with Gasteiger partial charge in [0.15, 0.2) is 5.82 Å². The van der Waals surface area contributed by atoms with E-state index in [2.05, 4.69) is 10.1 Å². The first-order chi connectivity index (χ1) is 10.2. The predicted octanol–water partition coefficient (Wildman–Crippen LogP) is 3.87. The molecule has 21 heavy (non-hydrogen) atoms. The van der Waals surface area contributed by atoms with E-state index in [0.717, 1.165) is 4.90 Å². The zero-order chi connectivity index (χ0) is 14.7. The Kier molecular flexibility index (Phi) is 3.87. The molecule has 1 aromatic heterocycles. The summed E-state index contributed by atoms with van der Waals surface area (Å²) < 4.78 is 18.0. The fraction of sp³-hybridized carbons (Fsp3) is 0.0667. The van der Waals surface area contributed by atoms with E-state index in [9.17, 15) is 9.50 Å². The van der Waals surface area contributed by atoms with Crippen molar-refractivity contribution in [2.75, 3.05) is 0 Å². The van der Waals surface area contributed by atoms with Crippen LogP contribution in [0, 0.1) is 5.82 Å². The molecule has 0 saturated carbocycles. The molecular formula is C15H11FN2O2S. The van der Waals surface area contributed by atoms with Crippen molar-refractivity contribution in [2.24, 2.45) is 0 Å². The largest absolute Gasteiger partial charge is 0.508 e. The van der Waals surface area contributed by atoms with E-state index >= 15 is 0 Å². The number of nitrogens with zero attached hydrogens (tertiary/aromatic N) is 2. The van der Waals surface area contributed by atoms with Gasteiger partial charge in [0.25, 0.3) is 5.89 Å². The number of halogens is 1. The second kappa shape index (κ2) is 5.97. The fourth-order valence-electron chi connectivity index (χ4n) is 1.75. The fourth-order valence-corrected chi connectivity index (χ4v) is 2.49. The maximum atomic E-state index is 12.8. The third kappa shape index (κ3) is 3.41. The number of rotatable bonds is 4. The Morgan fingerprint density at radius 1 is 1.14 bits per heavy atom. The van der Waals surface area contributed by atoms with Crippen LogP contribution in [-0.4, -0.2) is 15.2 Å². The average Bonchev–Trinajstić information content (AvgIpc) is 2.96. The molecule has 0 aliphatic heterocycles. The van der Waals surface area contributed by atoms with Gasteiger partial charge in [-0.2, -0.15) is 4.98 Å². The molecule has 0 spiro atoms. The van der Waals surface area contributed by atoms with Gasteiger partial charge in [0.05, 0.1) is 5.75 Å². The number of hydrogen-bond donors (Lipinski definition) is 1. The molecule has 0 bridgehead atoms. The Bertz CT molecular complexity index is 743. The number of thioether (sulfide) groups is 1. The minimum atomic E-state index is -0.259. The van der Waals surface area contributed by atoms with E-state index in [1.807, 2.05) is 0 Å². The average molecular weight is 302 g/mol. The molecule has 1 heterocycles. The van der Waals surface area contributed by atoms with E-state index in [1.54, 1.807) is 36.4 Å². The highest BCUT2D eigenvalue weighted by Gasteiger charge is 2.09. The van der Waals surface area contributed by atoms with E-state index in [-0.39, 0.29) is 11.6 Å². The van der Waals surface area contributed by atoms with Crippen molar-refractivity contribution in [3.63, 3.8) is 0 Å². The molecule has 0 radical (unpaired) electrons. The van der Waals surface area contributed by atoms with E-state index < -0.39 is 0 Å². The minimum Gasteiger partial charge on any atom is -0.508 e. The van der Waals surface area contributed by atoms with Gasteiger partial charge in [0.2, 0.25) is 0 Å².